The molecule has 0 fully saturated rings. The Bertz CT molecular complexity index is 321. The van der Waals surface area contributed by atoms with E-state index in [-0.39, 0.29) is 10.3 Å². The highest BCUT2D eigenvalue weighted by Crippen LogP contribution is 2.10. The molecule has 0 heterocycles. The molecule has 0 saturated carbocycles. The molecular formula is C15H35N2O2S+. The Morgan fingerprint density at radius 1 is 0.750 bits per heavy atom. The van der Waals surface area contributed by atoms with Crippen LogP contribution in [0.1, 0.15) is 71.1 Å². The van der Waals surface area contributed by atoms with Gasteiger partial charge in [-0.15, -0.1) is 0 Å². The van der Waals surface area contributed by atoms with Crippen LogP contribution in [-0.4, -0.2) is 39.9 Å². The van der Waals surface area contributed by atoms with Crippen LogP contribution in [0.25, 0.3) is 0 Å². The Hall–Kier alpha value is -0.130. The predicted molar refractivity (Wildman–Crippen MR) is 86.8 cm³/mol. The van der Waals surface area contributed by atoms with Crippen molar-refractivity contribution in [2.24, 2.45) is 0 Å². The standard InChI is InChI=1S/C15H35N2O2S/c1-5-6-7-8-9-10-11-12-13-14-15-20(18,19)16-17(2,3)4/h16H,5-15H2,1-4H3/q+1. The predicted octanol–water partition coefficient (Wildman–Crippen LogP) is 3.45. The first kappa shape index (κ1) is 19.9. The average Bonchev–Trinajstić information content (AvgIpc) is 2.28. The molecule has 0 aliphatic carbocycles. The second-order valence-corrected chi connectivity index (χ2v) is 8.42. The lowest BCUT2D eigenvalue weighted by Crippen LogP contribution is -2.51. The van der Waals surface area contributed by atoms with Crippen LogP contribution in [0.2, 0.25) is 0 Å². The van der Waals surface area contributed by atoms with Crippen LogP contribution >= 0.6 is 0 Å². The summed E-state index contributed by atoms with van der Waals surface area (Å²) < 4.78 is 23.8. The molecule has 122 valence electrons. The summed E-state index contributed by atoms with van der Waals surface area (Å²) in [7, 11) is 2.32. The first-order chi connectivity index (χ1) is 9.27. The summed E-state index contributed by atoms with van der Waals surface area (Å²) in [4.78, 5) is 2.64. The number of sulfonamides is 1. The Morgan fingerprint density at radius 3 is 1.55 bits per heavy atom. The van der Waals surface area contributed by atoms with Gasteiger partial charge in [-0.2, -0.15) is 0 Å². The minimum Gasteiger partial charge on any atom is -0.239 e. The molecule has 0 aromatic rings. The van der Waals surface area contributed by atoms with E-state index in [0.29, 0.717) is 0 Å². The summed E-state index contributed by atoms with van der Waals surface area (Å²) in [6.07, 6.45) is 12.2. The zero-order chi connectivity index (χ0) is 15.5. The van der Waals surface area contributed by atoms with Gasteiger partial charge in [0.2, 0.25) is 0 Å². The van der Waals surface area contributed by atoms with Gasteiger partial charge in [-0.1, -0.05) is 69.5 Å². The van der Waals surface area contributed by atoms with Crippen LogP contribution in [0.3, 0.4) is 0 Å². The van der Waals surface area contributed by atoms with Crippen molar-refractivity contribution < 1.29 is 13.0 Å². The van der Waals surface area contributed by atoms with E-state index in [9.17, 15) is 8.42 Å². The topological polar surface area (TPSA) is 46.2 Å². The Kier molecular flexibility index (Phi) is 10.5. The van der Waals surface area contributed by atoms with Crippen molar-refractivity contribution in [1.29, 1.82) is 0 Å². The zero-order valence-corrected chi connectivity index (χ0v) is 14.8. The van der Waals surface area contributed by atoms with Crippen LogP contribution in [0.5, 0.6) is 0 Å². The summed E-state index contributed by atoms with van der Waals surface area (Å²) in [6.45, 7) is 2.24. The lowest BCUT2D eigenvalue weighted by molar-refractivity contribution is -0.900. The third kappa shape index (κ3) is 14.3. The fraction of sp³-hybridized carbons (Fsp3) is 1.00. The minimum atomic E-state index is -3.12. The molecule has 0 unspecified atom stereocenters. The summed E-state index contributed by atoms with van der Waals surface area (Å²) >= 11 is 0. The van der Waals surface area contributed by atoms with Gasteiger partial charge < -0.3 is 0 Å². The fourth-order valence-corrected chi connectivity index (χ4v) is 3.75. The average molecular weight is 308 g/mol. The van der Waals surface area contributed by atoms with Crippen molar-refractivity contribution in [3.8, 4) is 0 Å². The largest absolute Gasteiger partial charge is 0.253 e. The summed E-state index contributed by atoms with van der Waals surface area (Å²) in [5, 5.41) is 0. The number of nitrogens with zero attached hydrogens (tertiary/aromatic N) is 1. The molecule has 0 radical (unpaired) electrons. The van der Waals surface area contributed by atoms with Crippen LogP contribution < -0.4 is 4.83 Å². The van der Waals surface area contributed by atoms with Crippen molar-refractivity contribution >= 4 is 10.0 Å². The molecule has 0 saturated heterocycles. The molecule has 0 aromatic heterocycles. The Morgan fingerprint density at radius 2 is 1.15 bits per heavy atom. The van der Waals surface area contributed by atoms with Crippen molar-refractivity contribution in [3.63, 3.8) is 0 Å². The Balaban J connectivity index is 3.44. The molecule has 0 amide bonds. The van der Waals surface area contributed by atoms with Gasteiger partial charge in [-0.3, -0.25) is 0 Å². The van der Waals surface area contributed by atoms with E-state index in [4.69, 9.17) is 0 Å². The van der Waals surface area contributed by atoms with Gasteiger partial charge in [0.25, 0.3) is 10.0 Å². The normalized spacial score (nSPS) is 12.8. The molecule has 0 rings (SSSR count). The molecule has 1 N–H and O–H groups in total. The molecule has 0 aliphatic rings. The highest BCUT2D eigenvalue weighted by Gasteiger charge is 2.18. The van der Waals surface area contributed by atoms with E-state index in [2.05, 4.69) is 11.8 Å². The van der Waals surface area contributed by atoms with Gasteiger partial charge in [0.15, 0.2) is 0 Å². The van der Waals surface area contributed by atoms with E-state index in [1.807, 2.05) is 21.1 Å². The van der Waals surface area contributed by atoms with E-state index < -0.39 is 10.0 Å². The summed E-state index contributed by atoms with van der Waals surface area (Å²) in [6, 6.07) is 0. The monoisotopic (exact) mass is 307 g/mol. The molecule has 0 atom stereocenters. The molecule has 0 spiro atoms. The van der Waals surface area contributed by atoms with E-state index in [1.54, 1.807) is 0 Å². The number of rotatable bonds is 13. The van der Waals surface area contributed by atoms with E-state index >= 15 is 0 Å². The fourth-order valence-electron chi connectivity index (χ4n) is 2.24. The smallest absolute Gasteiger partial charge is 0.239 e. The van der Waals surface area contributed by atoms with Crippen LogP contribution in [-0.2, 0) is 10.0 Å². The number of hydrogen-bond donors (Lipinski definition) is 1. The molecule has 0 aromatic carbocycles. The molecule has 4 nitrogen and oxygen atoms in total. The van der Waals surface area contributed by atoms with E-state index in [1.165, 1.54) is 44.9 Å². The summed E-state index contributed by atoms with van der Waals surface area (Å²) in [5.74, 6) is 0.249. The maximum Gasteiger partial charge on any atom is 0.253 e. The maximum absolute atomic E-state index is 11.8. The van der Waals surface area contributed by atoms with Crippen LogP contribution in [0.4, 0.5) is 0 Å². The lowest BCUT2D eigenvalue weighted by atomic mass is 10.1. The number of quaternary nitrogens is 1. The molecule has 0 bridgehead atoms. The molecule has 20 heavy (non-hydrogen) atoms. The van der Waals surface area contributed by atoms with Gasteiger partial charge in [0, 0.05) is 0 Å². The number of unbranched alkanes of at least 4 members (excludes halogenated alkanes) is 9. The first-order valence-electron chi connectivity index (χ1n) is 8.10. The second-order valence-electron chi connectivity index (χ2n) is 6.60. The van der Waals surface area contributed by atoms with Gasteiger partial charge >= 0.3 is 0 Å². The molecule has 0 aliphatic heterocycles. The first-order valence-corrected chi connectivity index (χ1v) is 9.75. The van der Waals surface area contributed by atoms with Crippen molar-refractivity contribution in [2.75, 3.05) is 26.9 Å². The van der Waals surface area contributed by atoms with Crippen molar-refractivity contribution in [2.45, 2.75) is 71.1 Å². The number of nitrogens with one attached hydrogen (secondary N) is 1. The maximum atomic E-state index is 11.8. The van der Waals surface area contributed by atoms with Gasteiger partial charge in [0.05, 0.1) is 26.9 Å². The molecular weight excluding hydrogens is 272 g/mol. The third-order valence-electron chi connectivity index (χ3n) is 3.18. The Labute approximate surface area is 126 Å². The highest BCUT2D eigenvalue weighted by atomic mass is 32.2. The number of hydrogen-bond acceptors (Lipinski definition) is 2. The van der Waals surface area contributed by atoms with Gasteiger partial charge in [-0.05, 0) is 6.42 Å². The highest BCUT2D eigenvalue weighted by molar-refractivity contribution is 7.89. The zero-order valence-electron chi connectivity index (χ0n) is 14.0. The minimum absolute atomic E-state index is 0.249. The molecule has 5 heteroatoms. The van der Waals surface area contributed by atoms with Crippen LogP contribution in [0, 0.1) is 0 Å². The van der Waals surface area contributed by atoms with Crippen molar-refractivity contribution in [1.82, 2.24) is 4.83 Å². The van der Waals surface area contributed by atoms with Gasteiger partial charge in [-0.25, -0.2) is 13.0 Å². The van der Waals surface area contributed by atoms with E-state index in [0.717, 1.165) is 19.3 Å². The van der Waals surface area contributed by atoms with Crippen molar-refractivity contribution in [3.05, 3.63) is 0 Å². The third-order valence-corrected chi connectivity index (χ3v) is 4.83. The summed E-state index contributed by atoms with van der Waals surface area (Å²) in [5.41, 5.74) is 0. The lowest BCUT2D eigenvalue weighted by Gasteiger charge is -2.23. The quantitative estimate of drug-likeness (QED) is 0.322. The van der Waals surface area contributed by atoms with Crippen LogP contribution in [0.15, 0.2) is 0 Å². The second kappa shape index (κ2) is 10.6. The van der Waals surface area contributed by atoms with Gasteiger partial charge in [0.1, 0.15) is 0 Å². The SMILES string of the molecule is CCCCCCCCCCCCS(=O)(=O)N[N+](C)(C)C.